The first-order valence-corrected chi connectivity index (χ1v) is 7.98. The Morgan fingerprint density at radius 2 is 1.96 bits per heavy atom. The number of carbonyl (C=O) groups is 3. The molecule has 6 nitrogen and oxygen atoms in total. The summed E-state index contributed by atoms with van der Waals surface area (Å²) in [4.78, 5) is 39.4. The Labute approximate surface area is 139 Å². The van der Waals surface area contributed by atoms with Gasteiger partial charge in [-0.25, -0.2) is 9.18 Å². The fourth-order valence-corrected chi connectivity index (χ4v) is 3.29. The van der Waals surface area contributed by atoms with Crippen molar-refractivity contribution in [2.75, 3.05) is 13.1 Å². The monoisotopic (exact) mass is 333 g/mol. The number of halogens is 1. The molecule has 0 saturated carbocycles. The first-order chi connectivity index (χ1) is 11.3. The van der Waals surface area contributed by atoms with Gasteiger partial charge in [0.15, 0.2) is 0 Å². The quantitative estimate of drug-likeness (QED) is 0.858. The average molecular weight is 333 g/mol. The minimum absolute atomic E-state index is 0.123. The third-order valence-electron chi connectivity index (χ3n) is 4.82. The first kappa shape index (κ1) is 16.4. The molecule has 128 valence electrons. The van der Waals surface area contributed by atoms with Gasteiger partial charge in [0.05, 0.1) is 6.04 Å². The minimum atomic E-state index is -1.04. The van der Waals surface area contributed by atoms with E-state index in [9.17, 15) is 18.8 Å². The molecule has 2 fully saturated rings. The van der Waals surface area contributed by atoms with Gasteiger partial charge in [-0.15, -0.1) is 0 Å². The largest absolute Gasteiger partial charge is 0.334 e. The highest BCUT2D eigenvalue weighted by Gasteiger charge is 2.47. The van der Waals surface area contributed by atoms with Crippen molar-refractivity contribution in [2.24, 2.45) is 0 Å². The summed E-state index contributed by atoms with van der Waals surface area (Å²) in [5.74, 6) is -0.930. The molecule has 2 heterocycles. The zero-order valence-corrected chi connectivity index (χ0v) is 13.7. The van der Waals surface area contributed by atoms with Crippen molar-refractivity contribution in [3.05, 3.63) is 35.6 Å². The van der Waals surface area contributed by atoms with Crippen LogP contribution in [-0.4, -0.2) is 46.3 Å². The second-order valence-electron chi connectivity index (χ2n) is 6.70. The van der Waals surface area contributed by atoms with E-state index in [4.69, 9.17) is 0 Å². The van der Waals surface area contributed by atoms with Crippen LogP contribution in [-0.2, 0) is 9.59 Å². The van der Waals surface area contributed by atoms with E-state index in [1.54, 1.807) is 30.9 Å². The maximum absolute atomic E-state index is 13.1. The standard InChI is InChI=1S/C17H20FN3O3/c1-17(2)15(23)19-16(24)21(17)10-14(22)20-9-3-4-13(20)11-5-7-12(18)8-6-11/h5-8,13H,3-4,9-10H2,1-2H3,(H,19,23,24). The van der Waals surface area contributed by atoms with Gasteiger partial charge < -0.3 is 9.80 Å². The highest BCUT2D eigenvalue weighted by Crippen LogP contribution is 2.32. The summed E-state index contributed by atoms with van der Waals surface area (Å²) in [7, 11) is 0. The maximum Gasteiger partial charge on any atom is 0.325 e. The van der Waals surface area contributed by atoms with Crippen LogP contribution >= 0.6 is 0 Å². The van der Waals surface area contributed by atoms with E-state index in [1.165, 1.54) is 17.0 Å². The molecule has 2 saturated heterocycles. The van der Waals surface area contributed by atoms with Crippen LogP contribution in [0.3, 0.4) is 0 Å². The van der Waals surface area contributed by atoms with Crippen LogP contribution in [0.25, 0.3) is 0 Å². The number of amides is 4. The lowest BCUT2D eigenvalue weighted by atomic mass is 10.0. The van der Waals surface area contributed by atoms with E-state index in [-0.39, 0.29) is 24.3 Å². The Morgan fingerprint density at radius 1 is 1.29 bits per heavy atom. The van der Waals surface area contributed by atoms with Crippen molar-refractivity contribution in [1.29, 1.82) is 0 Å². The third kappa shape index (κ3) is 2.74. The van der Waals surface area contributed by atoms with Crippen molar-refractivity contribution >= 4 is 17.8 Å². The molecule has 0 bridgehead atoms. The SMILES string of the molecule is CC1(C)C(=O)NC(=O)N1CC(=O)N1CCCC1c1ccc(F)cc1. The molecule has 1 N–H and O–H groups in total. The molecular formula is C17H20FN3O3. The lowest BCUT2D eigenvalue weighted by Crippen LogP contribution is -2.49. The molecule has 1 aromatic carbocycles. The Morgan fingerprint density at radius 3 is 2.54 bits per heavy atom. The van der Waals surface area contributed by atoms with Gasteiger partial charge in [-0.3, -0.25) is 14.9 Å². The molecule has 0 radical (unpaired) electrons. The number of imide groups is 1. The zero-order chi connectivity index (χ0) is 17.5. The van der Waals surface area contributed by atoms with Crippen molar-refractivity contribution in [1.82, 2.24) is 15.1 Å². The highest BCUT2D eigenvalue weighted by molar-refractivity contribution is 6.07. The van der Waals surface area contributed by atoms with E-state index < -0.39 is 17.5 Å². The van der Waals surface area contributed by atoms with Gasteiger partial charge in [0.2, 0.25) is 5.91 Å². The molecule has 0 aliphatic carbocycles. The van der Waals surface area contributed by atoms with Crippen LogP contribution in [0, 0.1) is 5.82 Å². The summed E-state index contributed by atoms with van der Waals surface area (Å²) in [6.07, 6.45) is 1.65. The first-order valence-electron chi connectivity index (χ1n) is 7.98. The fourth-order valence-electron chi connectivity index (χ4n) is 3.29. The molecule has 1 aromatic rings. The Hall–Kier alpha value is -2.44. The van der Waals surface area contributed by atoms with Crippen molar-refractivity contribution in [3.63, 3.8) is 0 Å². The van der Waals surface area contributed by atoms with Gasteiger partial charge >= 0.3 is 6.03 Å². The second-order valence-corrected chi connectivity index (χ2v) is 6.70. The lowest BCUT2D eigenvalue weighted by molar-refractivity contribution is -0.134. The van der Waals surface area contributed by atoms with Crippen LogP contribution in [0.4, 0.5) is 9.18 Å². The number of benzene rings is 1. The molecule has 7 heteroatoms. The van der Waals surface area contributed by atoms with Crippen molar-refractivity contribution in [3.8, 4) is 0 Å². The van der Waals surface area contributed by atoms with Crippen LogP contribution in [0.5, 0.6) is 0 Å². The maximum atomic E-state index is 13.1. The Bertz CT molecular complexity index is 687. The molecule has 0 spiro atoms. The Balaban J connectivity index is 1.76. The Kier molecular flexibility index (Phi) is 4.03. The molecule has 2 aliphatic heterocycles. The molecular weight excluding hydrogens is 313 g/mol. The fraction of sp³-hybridized carbons (Fsp3) is 0.471. The molecule has 1 atom stereocenters. The van der Waals surface area contributed by atoms with E-state index in [2.05, 4.69) is 5.32 Å². The summed E-state index contributed by atoms with van der Waals surface area (Å²) in [6.45, 7) is 3.66. The number of urea groups is 1. The predicted octanol–water partition coefficient (Wildman–Crippen LogP) is 1.82. The summed E-state index contributed by atoms with van der Waals surface area (Å²) in [5, 5.41) is 2.24. The lowest BCUT2D eigenvalue weighted by Gasteiger charge is -2.31. The molecule has 1 unspecified atom stereocenters. The van der Waals surface area contributed by atoms with E-state index >= 15 is 0 Å². The van der Waals surface area contributed by atoms with Crippen LogP contribution < -0.4 is 5.32 Å². The van der Waals surface area contributed by atoms with E-state index in [1.807, 2.05) is 0 Å². The van der Waals surface area contributed by atoms with Crippen molar-refractivity contribution < 1.29 is 18.8 Å². The van der Waals surface area contributed by atoms with Gasteiger partial charge in [0.25, 0.3) is 5.91 Å². The summed E-state index contributed by atoms with van der Waals surface area (Å²) in [6, 6.07) is 5.46. The smallest absolute Gasteiger partial charge is 0.325 e. The van der Waals surface area contributed by atoms with Crippen LogP contribution in [0.15, 0.2) is 24.3 Å². The van der Waals surface area contributed by atoms with E-state index in [0.717, 1.165) is 18.4 Å². The van der Waals surface area contributed by atoms with Crippen LogP contribution in [0.1, 0.15) is 38.3 Å². The van der Waals surface area contributed by atoms with Gasteiger partial charge in [-0.1, -0.05) is 12.1 Å². The van der Waals surface area contributed by atoms with Gasteiger partial charge in [0.1, 0.15) is 17.9 Å². The number of nitrogens with zero attached hydrogens (tertiary/aromatic N) is 2. The normalized spacial score (nSPS) is 22.9. The number of rotatable bonds is 3. The minimum Gasteiger partial charge on any atom is -0.334 e. The highest BCUT2D eigenvalue weighted by atomic mass is 19.1. The van der Waals surface area contributed by atoms with Crippen molar-refractivity contribution in [2.45, 2.75) is 38.3 Å². The van der Waals surface area contributed by atoms with Gasteiger partial charge in [-0.2, -0.15) is 0 Å². The number of carbonyl (C=O) groups excluding carboxylic acids is 3. The molecule has 4 amide bonds. The topological polar surface area (TPSA) is 69.7 Å². The van der Waals surface area contributed by atoms with Gasteiger partial charge in [0, 0.05) is 6.54 Å². The van der Waals surface area contributed by atoms with E-state index in [0.29, 0.717) is 6.54 Å². The molecule has 0 aromatic heterocycles. The number of hydrogen-bond donors (Lipinski definition) is 1. The number of likely N-dealkylation sites (tertiary alicyclic amines) is 1. The predicted molar refractivity (Wildman–Crippen MR) is 84.4 cm³/mol. The summed E-state index contributed by atoms with van der Waals surface area (Å²) >= 11 is 0. The third-order valence-corrected chi connectivity index (χ3v) is 4.82. The van der Waals surface area contributed by atoms with Gasteiger partial charge in [-0.05, 0) is 44.4 Å². The van der Waals surface area contributed by atoms with Crippen LogP contribution in [0.2, 0.25) is 0 Å². The summed E-state index contributed by atoms with van der Waals surface area (Å²) in [5.41, 5.74) is -0.166. The number of nitrogens with one attached hydrogen (secondary N) is 1. The molecule has 3 rings (SSSR count). The molecule has 2 aliphatic rings. The summed E-state index contributed by atoms with van der Waals surface area (Å²) < 4.78 is 13.1. The second kappa shape index (κ2) is 5.89. The molecule has 24 heavy (non-hydrogen) atoms. The number of hydrogen-bond acceptors (Lipinski definition) is 3. The zero-order valence-electron chi connectivity index (χ0n) is 13.7. The average Bonchev–Trinajstić information content (AvgIpc) is 3.08.